The number of benzene rings is 1. The molecule has 2 aromatic rings. The Morgan fingerprint density at radius 3 is 2.78 bits per heavy atom. The molecule has 1 heterocycles. The van der Waals surface area contributed by atoms with Crippen molar-refractivity contribution in [1.29, 1.82) is 0 Å². The minimum absolute atomic E-state index is 0.358. The van der Waals surface area contributed by atoms with Gasteiger partial charge in [0.2, 0.25) is 5.91 Å². The van der Waals surface area contributed by atoms with Crippen LogP contribution in [0.15, 0.2) is 45.3 Å². The van der Waals surface area contributed by atoms with Crippen molar-refractivity contribution >= 4 is 27.9 Å². The van der Waals surface area contributed by atoms with Gasteiger partial charge in [-0.25, -0.2) is 4.39 Å². The Hall–Kier alpha value is -1.88. The molecule has 0 saturated carbocycles. The Morgan fingerprint density at radius 1 is 1.33 bits per heavy atom. The van der Waals surface area contributed by atoms with Crippen molar-refractivity contribution in [3.63, 3.8) is 0 Å². The van der Waals surface area contributed by atoms with E-state index in [1.807, 2.05) is 0 Å². The summed E-state index contributed by atoms with van der Waals surface area (Å²) < 4.78 is 19.7. The molecule has 0 spiro atoms. The molecule has 3 nitrogen and oxygen atoms in total. The van der Waals surface area contributed by atoms with E-state index in [4.69, 9.17) is 10.2 Å². The number of furan rings is 1. The van der Waals surface area contributed by atoms with E-state index in [0.717, 1.165) is 0 Å². The molecule has 0 aliphatic rings. The van der Waals surface area contributed by atoms with Crippen LogP contribution in [0.3, 0.4) is 0 Å². The first kappa shape index (κ1) is 12.6. The molecule has 1 aromatic heterocycles. The second-order valence-electron chi connectivity index (χ2n) is 3.56. The maximum absolute atomic E-state index is 13.7. The molecule has 0 atom stereocenters. The molecule has 0 aliphatic carbocycles. The van der Waals surface area contributed by atoms with Crippen molar-refractivity contribution in [2.45, 2.75) is 0 Å². The van der Waals surface area contributed by atoms with Gasteiger partial charge in [-0.2, -0.15) is 0 Å². The van der Waals surface area contributed by atoms with Crippen LogP contribution in [0, 0.1) is 5.82 Å². The molecule has 1 amide bonds. The summed E-state index contributed by atoms with van der Waals surface area (Å²) >= 11 is 3.18. The number of primary amides is 1. The van der Waals surface area contributed by atoms with E-state index in [0.29, 0.717) is 21.6 Å². The predicted octanol–water partition coefficient (Wildman–Crippen LogP) is 3.35. The van der Waals surface area contributed by atoms with E-state index in [9.17, 15) is 9.18 Å². The zero-order valence-corrected chi connectivity index (χ0v) is 10.8. The van der Waals surface area contributed by atoms with E-state index in [1.54, 1.807) is 24.3 Å². The molecule has 92 valence electrons. The van der Waals surface area contributed by atoms with Crippen LogP contribution in [0.4, 0.5) is 4.39 Å². The van der Waals surface area contributed by atoms with Crippen LogP contribution in [0.1, 0.15) is 5.76 Å². The Bertz CT molecular complexity index is 619. The van der Waals surface area contributed by atoms with Gasteiger partial charge in [-0.05, 0) is 36.4 Å². The number of amides is 1. The van der Waals surface area contributed by atoms with Crippen LogP contribution in [-0.4, -0.2) is 5.91 Å². The first-order chi connectivity index (χ1) is 8.56. The van der Waals surface area contributed by atoms with Crippen molar-refractivity contribution in [3.05, 3.63) is 52.5 Å². The minimum Gasteiger partial charge on any atom is -0.457 e. The Kier molecular flexibility index (Phi) is 3.62. The summed E-state index contributed by atoms with van der Waals surface area (Å²) in [5.74, 6) is -0.123. The number of hydrogen-bond acceptors (Lipinski definition) is 2. The lowest BCUT2D eigenvalue weighted by molar-refractivity contribution is -0.113. The second kappa shape index (κ2) is 5.18. The smallest absolute Gasteiger partial charge is 0.241 e. The van der Waals surface area contributed by atoms with E-state index >= 15 is 0 Å². The van der Waals surface area contributed by atoms with Gasteiger partial charge in [0.15, 0.2) is 0 Å². The molecule has 2 N–H and O–H groups in total. The third-order valence-electron chi connectivity index (χ3n) is 2.24. The summed E-state index contributed by atoms with van der Waals surface area (Å²) in [6.45, 7) is 0. The third kappa shape index (κ3) is 2.87. The standard InChI is InChI=1S/C13H9BrFNO2/c14-8-1-4-10(11(15)7-8)12-5-2-9(18-12)3-6-13(16)17/h1-7H,(H2,16,17)/b6-3-. The van der Waals surface area contributed by atoms with Gasteiger partial charge in [-0.3, -0.25) is 4.79 Å². The zero-order valence-electron chi connectivity index (χ0n) is 9.19. The minimum atomic E-state index is -0.567. The van der Waals surface area contributed by atoms with E-state index in [-0.39, 0.29) is 5.82 Å². The highest BCUT2D eigenvalue weighted by Crippen LogP contribution is 2.27. The summed E-state index contributed by atoms with van der Waals surface area (Å²) in [4.78, 5) is 10.6. The maximum Gasteiger partial charge on any atom is 0.241 e. The molecule has 0 bridgehead atoms. The van der Waals surface area contributed by atoms with Crippen LogP contribution in [-0.2, 0) is 4.79 Å². The summed E-state index contributed by atoms with van der Waals surface area (Å²) in [5, 5.41) is 0. The molecule has 0 fully saturated rings. The van der Waals surface area contributed by atoms with Gasteiger partial charge < -0.3 is 10.2 Å². The van der Waals surface area contributed by atoms with Gasteiger partial charge in [-0.1, -0.05) is 15.9 Å². The van der Waals surface area contributed by atoms with Crippen molar-refractivity contribution in [2.75, 3.05) is 0 Å². The van der Waals surface area contributed by atoms with Gasteiger partial charge in [0.05, 0.1) is 5.56 Å². The first-order valence-corrected chi connectivity index (χ1v) is 5.88. The second-order valence-corrected chi connectivity index (χ2v) is 4.48. The molecule has 2 rings (SSSR count). The number of hydrogen-bond donors (Lipinski definition) is 1. The quantitative estimate of drug-likeness (QED) is 0.884. The fourth-order valence-corrected chi connectivity index (χ4v) is 1.77. The lowest BCUT2D eigenvalue weighted by Gasteiger charge is -1.99. The Labute approximate surface area is 111 Å². The molecule has 1 aromatic carbocycles. The van der Waals surface area contributed by atoms with Gasteiger partial charge in [0, 0.05) is 10.5 Å². The Balaban J connectivity index is 2.32. The fraction of sp³-hybridized carbons (Fsp3) is 0. The molecule has 0 radical (unpaired) electrons. The SMILES string of the molecule is NC(=O)/C=C\c1ccc(-c2ccc(Br)cc2F)o1. The van der Waals surface area contributed by atoms with Crippen LogP contribution in [0.5, 0.6) is 0 Å². The maximum atomic E-state index is 13.7. The third-order valence-corrected chi connectivity index (χ3v) is 2.73. The number of nitrogens with two attached hydrogens (primary N) is 1. The lowest BCUT2D eigenvalue weighted by Crippen LogP contribution is -2.04. The van der Waals surface area contributed by atoms with Crippen LogP contribution < -0.4 is 5.73 Å². The van der Waals surface area contributed by atoms with Gasteiger partial charge in [-0.15, -0.1) is 0 Å². The van der Waals surface area contributed by atoms with E-state index in [2.05, 4.69) is 15.9 Å². The number of carbonyl (C=O) groups is 1. The monoisotopic (exact) mass is 309 g/mol. The first-order valence-electron chi connectivity index (χ1n) is 5.09. The lowest BCUT2D eigenvalue weighted by atomic mass is 10.1. The van der Waals surface area contributed by atoms with E-state index in [1.165, 1.54) is 18.2 Å². The van der Waals surface area contributed by atoms with Crippen molar-refractivity contribution in [2.24, 2.45) is 5.73 Å². The zero-order chi connectivity index (χ0) is 13.1. The number of rotatable bonds is 3. The van der Waals surface area contributed by atoms with Crippen LogP contribution in [0.2, 0.25) is 0 Å². The highest BCUT2D eigenvalue weighted by atomic mass is 79.9. The molecule has 0 saturated heterocycles. The largest absolute Gasteiger partial charge is 0.457 e. The summed E-state index contributed by atoms with van der Waals surface area (Å²) in [7, 11) is 0. The molecule has 5 heteroatoms. The van der Waals surface area contributed by atoms with Crippen LogP contribution >= 0.6 is 15.9 Å². The van der Waals surface area contributed by atoms with Crippen molar-refractivity contribution in [3.8, 4) is 11.3 Å². The highest BCUT2D eigenvalue weighted by Gasteiger charge is 2.09. The molecule has 18 heavy (non-hydrogen) atoms. The topological polar surface area (TPSA) is 56.2 Å². The molecule has 0 unspecified atom stereocenters. The highest BCUT2D eigenvalue weighted by molar-refractivity contribution is 9.10. The van der Waals surface area contributed by atoms with Crippen molar-refractivity contribution < 1.29 is 13.6 Å². The summed E-state index contributed by atoms with van der Waals surface area (Å²) in [5.41, 5.74) is 5.32. The fourth-order valence-electron chi connectivity index (χ4n) is 1.44. The van der Waals surface area contributed by atoms with Crippen LogP contribution in [0.25, 0.3) is 17.4 Å². The average Bonchev–Trinajstić information content (AvgIpc) is 2.75. The van der Waals surface area contributed by atoms with Crippen molar-refractivity contribution in [1.82, 2.24) is 0 Å². The van der Waals surface area contributed by atoms with Gasteiger partial charge in [0.25, 0.3) is 0 Å². The number of carbonyl (C=O) groups excluding carboxylic acids is 1. The van der Waals surface area contributed by atoms with E-state index < -0.39 is 5.91 Å². The molecule has 0 aliphatic heterocycles. The molecular weight excluding hydrogens is 301 g/mol. The summed E-state index contributed by atoms with van der Waals surface area (Å²) in [6, 6.07) is 7.96. The number of halogens is 2. The summed E-state index contributed by atoms with van der Waals surface area (Å²) in [6.07, 6.45) is 2.61. The predicted molar refractivity (Wildman–Crippen MR) is 70.0 cm³/mol. The van der Waals surface area contributed by atoms with Gasteiger partial charge in [0.1, 0.15) is 17.3 Å². The molecular formula is C13H9BrFNO2. The average molecular weight is 310 g/mol. The normalized spacial score (nSPS) is 11.0. The Morgan fingerprint density at radius 2 is 2.11 bits per heavy atom. The van der Waals surface area contributed by atoms with Gasteiger partial charge >= 0.3 is 0 Å².